The first-order valence-corrected chi connectivity index (χ1v) is 10.5. The van der Waals surface area contributed by atoms with Crippen molar-refractivity contribution in [2.24, 2.45) is 0 Å². The van der Waals surface area contributed by atoms with E-state index in [9.17, 15) is 4.79 Å². The zero-order valence-electron chi connectivity index (χ0n) is 14.7. The Kier molecular flexibility index (Phi) is 6.31. The SMILES string of the molecule is CCc1ccc(Nc2nnc(S[C@H](C)C(=O)N3CCCCC3)s2)cc1. The molecule has 1 aromatic carbocycles. The summed E-state index contributed by atoms with van der Waals surface area (Å²) in [6, 6.07) is 8.32. The van der Waals surface area contributed by atoms with E-state index in [1.807, 2.05) is 11.8 Å². The van der Waals surface area contributed by atoms with E-state index in [-0.39, 0.29) is 11.2 Å². The van der Waals surface area contributed by atoms with E-state index in [0.29, 0.717) is 0 Å². The molecule has 1 atom stereocenters. The summed E-state index contributed by atoms with van der Waals surface area (Å²) in [6.45, 7) is 5.88. The molecule has 3 rings (SSSR count). The van der Waals surface area contributed by atoms with Crippen molar-refractivity contribution in [3.63, 3.8) is 0 Å². The first-order valence-electron chi connectivity index (χ1n) is 8.80. The molecule has 1 aromatic heterocycles. The molecule has 1 aliphatic rings. The van der Waals surface area contributed by atoms with Crippen LogP contribution in [0.2, 0.25) is 0 Å². The summed E-state index contributed by atoms with van der Waals surface area (Å²) in [7, 11) is 0. The van der Waals surface area contributed by atoms with Gasteiger partial charge in [-0.05, 0) is 50.3 Å². The lowest BCUT2D eigenvalue weighted by Crippen LogP contribution is -2.40. The van der Waals surface area contributed by atoms with Gasteiger partial charge in [0.05, 0.1) is 5.25 Å². The number of hydrogen-bond acceptors (Lipinski definition) is 6. The van der Waals surface area contributed by atoms with Gasteiger partial charge in [-0.25, -0.2) is 0 Å². The van der Waals surface area contributed by atoms with Crippen molar-refractivity contribution in [1.82, 2.24) is 15.1 Å². The van der Waals surface area contributed by atoms with E-state index in [0.717, 1.165) is 47.5 Å². The highest BCUT2D eigenvalue weighted by molar-refractivity contribution is 8.02. The van der Waals surface area contributed by atoms with E-state index in [1.165, 1.54) is 35.1 Å². The van der Waals surface area contributed by atoms with Crippen LogP contribution in [0, 0.1) is 0 Å². The number of hydrogen-bond donors (Lipinski definition) is 1. The number of aromatic nitrogens is 2. The van der Waals surface area contributed by atoms with Crippen LogP contribution >= 0.6 is 23.1 Å². The Hall–Kier alpha value is -1.60. The maximum Gasteiger partial charge on any atom is 0.235 e. The van der Waals surface area contributed by atoms with Crippen molar-refractivity contribution in [2.45, 2.75) is 49.1 Å². The average Bonchev–Trinajstić information content (AvgIpc) is 3.09. The number of benzene rings is 1. The molecule has 1 amide bonds. The molecule has 0 unspecified atom stereocenters. The highest BCUT2D eigenvalue weighted by Gasteiger charge is 2.24. The molecule has 5 nitrogen and oxygen atoms in total. The minimum Gasteiger partial charge on any atom is -0.342 e. The van der Waals surface area contributed by atoms with Crippen LogP contribution in [0.3, 0.4) is 0 Å². The zero-order valence-corrected chi connectivity index (χ0v) is 16.3. The molecular weight excluding hydrogens is 352 g/mol. The van der Waals surface area contributed by atoms with E-state index < -0.39 is 0 Å². The number of likely N-dealkylation sites (tertiary alicyclic amines) is 1. The van der Waals surface area contributed by atoms with Crippen LogP contribution in [-0.2, 0) is 11.2 Å². The first-order chi connectivity index (χ1) is 12.2. The lowest BCUT2D eigenvalue weighted by atomic mass is 10.1. The summed E-state index contributed by atoms with van der Waals surface area (Å²) in [6.07, 6.45) is 4.50. The van der Waals surface area contributed by atoms with E-state index >= 15 is 0 Å². The van der Waals surface area contributed by atoms with Crippen molar-refractivity contribution in [3.8, 4) is 0 Å². The topological polar surface area (TPSA) is 58.1 Å². The molecule has 0 aliphatic carbocycles. The fourth-order valence-corrected chi connectivity index (χ4v) is 4.83. The summed E-state index contributed by atoms with van der Waals surface area (Å²) in [5.74, 6) is 0.213. The van der Waals surface area contributed by atoms with Crippen LogP contribution in [0.4, 0.5) is 10.8 Å². The van der Waals surface area contributed by atoms with Crippen LogP contribution < -0.4 is 5.32 Å². The molecule has 1 N–H and O–H groups in total. The molecule has 2 aromatic rings. The smallest absolute Gasteiger partial charge is 0.235 e. The number of nitrogens with zero attached hydrogens (tertiary/aromatic N) is 3. The van der Waals surface area contributed by atoms with Gasteiger partial charge in [-0.3, -0.25) is 4.79 Å². The zero-order chi connectivity index (χ0) is 17.6. The number of amides is 1. The molecule has 7 heteroatoms. The first kappa shape index (κ1) is 18.2. The summed E-state index contributed by atoms with van der Waals surface area (Å²) in [5.41, 5.74) is 2.31. The number of rotatable bonds is 6. The molecule has 0 bridgehead atoms. The van der Waals surface area contributed by atoms with Gasteiger partial charge in [0, 0.05) is 18.8 Å². The molecule has 0 spiro atoms. The second-order valence-corrected chi connectivity index (χ2v) is 8.76. The second kappa shape index (κ2) is 8.67. The maximum atomic E-state index is 12.5. The van der Waals surface area contributed by atoms with Crippen LogP contribution in [0.15, 0.2) is 28.6 Å². The van der Waals surface area contributed by atoms with Gasteiger partial charge in [-0.15, -0.1) is 10.2 Å². The van der Waals surface area contributed by atoms with Crippen molar-refractivity contribution in [3.05, 3.63) is 29.8 Å². The molecular formula is C18H24N4OS2. The quantitative estimate of drug-likeness (QED) is 0.760. The van der Waals surface area contributed by atoms with Crippen LogP contribution in [0.5, 0.6) is 0 Å². The van der Waals surface area contributed by atoms with Crippen molar-refractivity contribution in [2.75, 3.05) is 18.4 Å². The normalized spacial score (nSPS) is 15.8. The molecule has 0 radical (unpaired) electrons. The number of anilines is 2. The van der Waals surface area contributed by atoms with Gasteiger partial charge in [0.15, 0.2) is 4.34 Å². The third-order valence-electron chi connectivity index (χ3n) is 4.31. The van der Waals surface area contributed by atoms with Crippen molar-refractivity contribution >= 4 is 39.8 Å². The molecule has 2 heterocycles. The predicted octanol–water partition coefficient (Wildman–Crippen LogP) is 4.34. The van der Waals surface area contributed by atoms with E-state index in [2.05, 4.69) is 46.7 Å². The highest BCUT2D eigenvalue weighted by Crippen LogP contribution is 2.31. The Morgan fingerprint density at radius 2 is 1.96 bits per heavy atom. The Bertz CT molecular complexity index is 695. The number of carbonyl (C=O) groups is 1. The van der Waals surface area contributed by atoms with Crippen LogP contribution in [0.1, 0.15) is 38.7 Å². The largest absolute Gasteiger partial charge is 0.342 e. The second-order valence-electron chi connectivity index (χ2n) is 6.19. The molecule has 0 saturated carbocycles. The fourth-order valence-electron chi connectivity index (χ4n) is 2.83. The fraction of sp³-hybridized carbons (Fsp3) is 0.500. The minimum absolute atomic E-state index is 0.122. The Labute approximate surface area is 157 Å². The summed E-state index contributed by atoms with van der Waals surface area (Å²) >= 11 is 2.99. The maximum absolute atomic E-state index is 12.5. The molecule has 134 valence electrons. The van der Waals surface area contributed by atoms with Crippen LogP contribution in [-0.4, -0.2) is 39.3 Å². The summed E-state index contributed by atoms with van der Waals surface area (Å²) in [5, 5.41) is 12.3. The van der Waals surface area contributed by atoms with Gasteiger partial charge in [0.25, 0.3) is 0 Å². The minimum atomic E-state index is -0.122. The third kappa shape index (κ3) is 4.95. The average molecular weight is 377 g/mol. The van der Waals surface area contributed by atoms with Crippen molar-refractivity contribution < 1.29 is 4.79 Å². The monoisotopic (exact) mass is 376 g/mol. The number of nitrogens with one attached hydrogen (secondary N) is 1. The van der Waals surface area contributed by atoms with Gasteiger partial charge in [0.1, 0.15) is 0 Å². The van der Waals surface area contributed by atoms with E-state index in [1.54, 1.807) is 0 Å². The molecule has 25 heavy (non-hydrogen) atoms. The van der Waals surface area contributed by atoms with Gasteiger partial charge >= 0.3 is 0 Å². The lowest BCUT2D eigenvalue weighted by Gasteiger charge is -2.28. The lowest BCUT2D eigenvalue weighted by molar-refractivity contribution is -0.131. The van der Waals surface area contributed by atoms with E-state index in [4.69, 9.17) is 0 Å². The number of thioether (sulfide) groups is 1. The van der Waals surface area contributed by atoms with Gasteiger partial charge in [0.2, 0.25) is 11.0 Å². The Morgan fingerprint density at radius 1 is 1.24 bits per heavy atom. The third-order valence-corrected chi connectivity index (χ3v) is 6.32. The predicted molar refractivity (Wildman–Crippen MR) is 105 cm³/mol. The molecule has 1 saturated heterocycles. The summed E-state index contributed by atoms with van der Waals surface area (Å²) in [4.78, 5) is 14.5. The highest BCUT2D eigenvalue weighted by atomic mass is 32.2. The number of carbonyl (C=O) groups excluding carboxylic acids is 1. The van der Waals surface area contributed by atoms with Gasteiger partial charge in [-0.2, -0.15) is 0 Å². The van der Waals surface area contributed by atoms with Gasteiger partial charge < -0.3 is 10.2 Å². The standard InChI is InChI=1S/C18H24N4OS2/c1-3-14-7-9-15(10-8-14)19-17-20-21-18(25-17)24-13(2)16(23)22-11-5-4-6-12-22/h7-10,13H,3-6,11-12H2,1-2H3,(H,19,20)/t13-/m1/s1. The number of piperidine rings is 1. The van der Waals surface area contributed by atoms with Crippen molar-refractivity contribution in [1.29, 1.82) is 0 Å². The van der Waals surface area contributed by atoms with Gasteiger partial charge in [-0.1, -0.05) is 42.2 Å². The summed E-state index contributed by atoms with van der Waals surface area (Å²) < 4.78 is 0.825. The molecule has 1 aliphatic heterocycles. The molecule has 1 fully saturated rings. The Morgan fingerprint density at radius 3 is 2.64 bits per heavy atom. The Balaban J connectivity index is 1.56. The van der Waals surface area contributed by atoms with Crippen LogP contribution in [0.25, 0.3) is 0 Å². The number of aryl methyl sites for hydroxylation is 1.